The maximum Gasteiger partial charge on any atom is 0.256 e. The van der Waals surface area contributed by atoms with Gasteiger partial charge in [-0.2, -0.15) is 0 Å². The number of fused-ring (bicyclic) bond motifs is 1. The Kier molecular flexibility index (Phi) is 3.13. The summed E-state index contributed by atoms with van der Waals surface area (Å²) in [6.45, 7) is 0. The zero-order chi connectivity index (χ0) is 13.9. The third-order valence-electron chi connectivity index (χ3n) is 3.03. The van der Waals surface area contributed by atoms with E-state index < -0.39 is 0 Å². The first-order valence-corrected chi connectivity index (χ1v) is 6.14. The van der Waals surface area contributed by atoms with E-state index in [1.54, 1.807) is 48.8 Å². The lowest BCUT2D eigenvalue weighted by molar-refractivity contribution is 0.102. The van der Waals surface area contributed by atoms with Crippen molar-refractivity contribution in [3.05, 3.63) is 72.3 Å². The molecule has 3 nitrogen and oxygen atoms in total. The average Bonchev–Trinajstić information content (AvgIpc) is 2.49. The first-order chi connectivity index (χ1) is 9.75. The molecule has 0 fully saturated rings. The fraction of sp³-hybridized carbons (Fsp3) is 0. The summed E-state index contributed by atoms with van der Waals surface area (Å²) >= 11 is 0. The average molecular weight is 266 g/mol. The Morgan fingerprint density at radius 2 is 1.80 bits per heavy atom. The Labute approximate surface area is 115 Å². The Bertz CT molecular complexity index is 772. The van der Waals surface area contributed by atoms with Gasteiger partial charge in [-0.3, -0.25) is 9.78 Å². The van der Waals surface area contributed by atoms with Gasteiger partial charge < -0.3 is 5.32 Å². The lowest BCUT2D eigenvalue weighted by atomic mass is 10.0. The van der Waals surface area contributed by atoms with E-state index in [1.165, 1.54) is 12.1 Å². The van der Waals surface area contributed by atoms with Crippen LogP contribution in [0.25, 0.3) is 10.8 Å². The van der Waals surface area contributed by atoms with Gasteiger partial charge in [-0.25, -0.2) is 4.39 Å². The van der Waals surface area contributed by atoms with Crippen LogP contribution in [-0.2, 0) is 0 Å². The molecule has 3 aromatic rings. The number of hydrogen-bond acceptors (Lipinski definition) is 2. The fourth-order valence-electron chi connectivity index (χ4n) is 2.10. The van der Waals surface area contributed by atoms with Crippen LogP contribution in [0.4, 0.5) is 10.1 Å². The van der Waals surface area contributed by atoms with E-state index in [4.69, 9.17) is 0 Å². The maximum atomic E-state index is 13.7. The van der Waals surface area contributed by atoms with Crippen LogP contribution in [0.1, 0.15) is 10.4 Å². The number of carbonyl (C=O) groups is 1. The Morgan fingerprint density at radius 1 is 1.00 bits per heavy atom. The number of aromatic nitrogens is 1. The standard InChI is InChI=1S/C16H11FN2O/c17-15-8-7-14(12-5-1-2-6-13(12)15)16(20)19-11-4-3-9-18-10-11/h1-10H,(H,19,20). The zero-order valence-electron chi connectivity index (χ0n) is 10.5. The molecule has 0 spiro atoms. The number of benzene rings is 2. The summed E-state index contributed by atoms with van der Waals surface area (Å²) in [6, 6.07) is 13.2. The zero-order valence-corrected chi connectivity index (χ0v) is 10.5. The highest BCUT2D eigenvalue weighted by Gasteiger charge is 2.12. The van der Waals surface area contributed by atoms with Crippen LogP contribution in [-0.4, -0.2) is 10.9 Å². The molecule has 0 aliphatic carbocycles. The van der Waals surface area contributed by atoms with Crippen molar-refractivity contribution in [2.45, 2.75) is 0 Å². The Morgan fingerprint density at radius 3 is 2.55 bits per heavy atom. The van der Waals surface area contributed by atoms with Gasteiger partial charge in [0.05, 0.1) is 11.9 Å². The highest BCUT2D eigenvalue weighted by Crippen LogP contribution is 2.22. The minimum atomic E-state index is -0.335. The number of amides is 1. The van der Waals surface area contributed by atoms with E-state index in [1.807, 2.05) is 0 Å². The minimum absolute atomic E-state index is 0.283. The maximum absolute atomic E-state index is 13.7. The number of nitrogens with one attached hydrogen (secondary N) is 1. The highest BCUT2D eigenvalue weighted by molar-refractivity contribution is 6.12. The van der Waals surface area contributed by atoms with Gasteiger partial charge in [0, 0.05) is 17.1 Å². The van der Waals surface area contributed by atoms with Crippen molar-refractivity contribution in [1.29, 1.82) is 0 Å². The SMILES string of the molecule is O=C(Nc1cccnc1)c1ccc(F)c2ccccc12. The molecule has 0 saturated carbocycles. The first kappa shape index (κ1) is 12.3. The lowest BCUT2D eigenvalue weighted by Crippen LogP contribution is -2.12. The predicted octanol–water partition coefficient (Wildman–Crippen LogP) is 3.63. The molecule has 0 bridgehead atoms. The minimum Gasteiger partial charge on any atom is -0.321 e. The van der Waals surface area contributed by atoms with Crippen LogP contribution in [0.15, 0.2) is 60.9 Å². The summed E-state index contributed by atoms with van der Waals surface area (Å²) in [6.07, 6.45) is 3.19. The summed E-state index contributed by atoms with van der Waals surface area (Å²) in [7, 11) is 0. The van der Waals surface area contributed by atoms with E-state index >= 15 is 0 Å². The summed E-state index contributed by atoms with van der Waals surface area (Å²) in [5, 5.41) is 3.77. The van der Waals surface area contributed by atoms with Crippen LogP contribution in [0.3, 0.4) is 0 Å². The van der Waals surface area contributed by atoms with Crippen LogP contribution in [0, 0.1) is 5.82 Å². The molecule has 0 aliphatic rings. The van der Waals surface area contributed by atoms with Crippen molar-refractivity contribution in [1.82, 2.24) is 4.98 Å². The van der Waals surface area contributed by atoms with Crippen molar-refractivity contribution in [3.8, 4) is 0 Å². The van der Waals surface area contributed by atoms with Crippen molar-refractivity contribution in [3.63, 3.8) is 0 Å². The second-order valence-electron chi connectivity index (χ2n) is 4.34. The van der Waals surface area contributed by atoms with Crippen LogP contribution in [0.2, 0.25) is 0 Å². The van der Waals surface area contributed by atoms with E-state index in [2.05, 4.69) is 10.3 Å². The van der Waals surface area contributed by atoms with E-state index in [-0.39, 0.29) is 11.7 Å². The molecule has 20 heavy (non-hydrogen) atoms. The van der Waals surface area contributed by atoms with E-state index in [0.717, 1.165) is 0 Å². The normalized spacial score (nSPS) is 10.4. The van der Waals surface area contributed by atoms with Crippen LogP contribution >= 0.6 is 0 Å². The second kappa shape index (κ2) is 5.09. The van der Waals surface area contributed by atoms with Gasteiger partial charge in [0.15, 0.2) is 0 Å². The molecule has 1 amide bonds. The lowest BCUT2D eigenvalue weighted by Gasteiger charge is -2.08. The van der Waals surface area contributed by atoms with Gasteiger partial charge in [0.2, 0.25) is 0 Å². The van der Waals surface area contributed by atoms with Crippen LogP contribution < -0.4 is 5.32 Å². The van der Waals surface area contributed by atoms with Crippen molar-refractivity contribution in [2.24, 2.45) is 0 Å². The highest BCUT2D eigenvalue weighted by atomic mass is 19.1. The van der Waals surface area contributed by atoms with Gasteiger partial charge in [-0.1, -0.05) is 24.3 Å². The number of nitrogens with zero attached hydrogens (tertiary/aromatic N) is 1. The number of halogens is 1. The van der Waals surface area contributed by atoms with Gasteiger partial charge in [-0.15, -0.1) is 0 Å². The number of anilines is 1. The van der Waals surface area contributed by atoms with Gasteiger partial charge in [0.1, 0.15) is 5.82 Å². The van der Waals surface area contributed by atoms with Crippen LogP contribution in [0.5, 0.6) is 0 Å². The molecule has 0 saturated heterocycles. The summed E-state index contributed by atoms with van der Waals surface area (Å²) in [4.78, 5) is 16.2. The predicted molar refractivity (Wildman–Crippen MR) is 76.1 cm³/mol. The summed E-state index contributed by atoms with van der Waals surface area (Å²) < 4.78 is 13.7. The molecular formula is C16H11FN2O. The van der Waals surface area contributed by atoms with Crippen molar-refractivity contribution in [2.75, 3.05) is 5.32 Å². The first-order valence-electron chi connectivity index (χ1n) is 6.14. The quantitative estimate of drug-likeness (QED) is 0.769. The molecule has 3 rings (SSSR count). The molecule has 98 valence electrons. The van der Waals surface area contributed by atoms with Crippen molar-refractivity contribution >= 4 is 22.4 Å². The molecule has 1 aromatic heterocycles. The number of pyridine rings is 1. The third kappa shape index (κ3) is 2.23. The number of carbonyl (C=O) groups excluding carboxylic acids is 1. The molecule has 4 heteroatoms. The largest absolute Gasteiger partial charge is 0.321 e. The molecular weight excluding hydrogens is 255 g/mol. The Balaban J connectivity index is 2.02. The number of hydrogen-bond donors (Lipinski definition) is 1. The molecule has 0 radical (unpaired) electrons. The molecule has 0 aliphatic heterocycles. The second-order valence-corrected chi connectivity index (χ2v) is 4.34. The molecule has 1 heterocycles. The smallest absolute Gasteiger partial charge is 0.256 e. The fourth-order valence-corrected chi connectivity index (χ4v) is 2.10. The molecule has 0 atom stereocenters. The monoisotopic (exact) mass is 266 g/mol. The number of rotatable bonds is 2. The van der Waals surface area contributed by atoms with Gasteiger partial charge >= 0.3 is 0 Å². The van der Waals surface area contributed by atoms with Crippen molar-refractivity contribution < 1.29 is 9.18 Å². The Hall–Kier alpha value is -2.75. The summed E-state index contributed by atoms with van der Waals surface area (Å²) in [5.74, 6) is -0.618. The molecule has 0 unspecified atom stereocenters. The molecule has 2 aromatic carbocycles. The molecule has 1 N–H and O–H groups in total. The topological polar surface area (TPSA) is 42.0 Å². The van der Waals surface area contributed by atoms with Gasteiger partial charge in [0.25, 0.3) is 5.91 Å². The van der Waals surface area contributed by atoms with Gasteiger partial charge in [-0.05, 0) is 29.7 Å². The third-order valence-corrected chi connectivity index (χ3v) is 3.03. The van der Waals surface area contributed by atoms with E-state index in [0.29, 0.717) is 22.0 Å². The van der Waals surface area contributed by atoms with E-state index in [9.17, 15) is 9.18 Å². The summed E-state index contributed by atoms with van der Waals surface area (Å²) in [5.41, 5.74) is 1.04.